The number of hydrogen-bond acceptors (Lipinski definition) is 6. The molecule has 5 aromatic rings. The minimum absolute atomic E-state index is 0.0976. The first-order valence-corrected chi connectivity index (χ1v) is 11.1. The third kappa shape index (κ3) is 3.46. The van der Waals surface area contributed by atoms with Gasteiger partial charge < -0.3 is 15.3 Å². The number of pyridine rings is 1. The summed E-state index contributed by atoms with van der Waals surface area (Å²) in [6, 6.07) is 16.5. The quantitative estimate of drug-likeness (QED) is 0.387. The Hall–Kier alpha value is -4.24. The van der Waals surface area contributed by atoms with Gasteiger partial charge in [-0.15, -0.1) is 5.10 Å². The third-order valence-corrected chi connectivity index (χ3v) is 6.34. The van der Waals surface area contributed by atoms with E-state index in [1.165, 1.54) is 6.33 Å². The van der Waals surface area contributed by atoms with Gasteiger partial charge in [-0.3, -0.25) is 4.79 Å². The van der Waals surface area contributed by atoms with Crippen LogP contribution in [-0.4, -0.2) is 34.7 Å². The van der Waals surface area contributed by atoms with Crippen LogP contribution in [0.1, 0.15) is 24.0 Å². The van der Waals surface area contributed by atoms with Crippen molar-refractivity contribution in [3.8, 4) is 28.1 Å². The van der Waals surface area contributed by atoms with Gasteiger partial charge in [-0.25, -0.2) is 4.98 Å². The summed E-state index contributed by atoms with van der Waals surface area (Å²) < 4.78 is 3.37. The lowest BCUT2D eigenvalue weighted by molar-refractivity contribution is 0.572. The number of fused-ring (bicyclic) bond motifs is 1. The fraction of sp³-hybridized carbons (Fsp3) is 0.125. The van der Waals surface area contributed by atoms with Crippen LogP contribution in [0, 0.1) is 0 Å². The first-order valence-electron chi connectivity index (χ1n) is 10.8. The number of nitrogens with one attached hydrogen (secondary N) is 1. The Morgan fingerprint density at radius 2 is 2.00 bits per heavy atom. The number of benzene rings is 2. The van der Waals surface area contributed by atoms with Gasteiger partial charge in [-0.2, -0.15) is 4.68 Å². The maximum Gasteiger partial charge on any atom is 0.252 e. The Morgan fingerprint density at radius 1 is 1.09 bits per heavy atom. The van der Waals surface area contributed by atoms with Gasteiger partial charge in [0.1, 0.15) is 12.2 Å². The molecule has 3 N–H and O–H groups in total. The van der Waals surface area contributed by atoms with Crippen LogP contribution in [-0.2, 0) is 6.42 Å². The molecule has 0 saturated carbocycles. The minimum atomic E-state index is -0.162. The Bertz CT molecular complexity index is 1570. The predicted octanol–water partition coefficient (Wildman–Crippen LogP) is 3.65. The molecule has 0 unspecified atom stereocenters. The van der Waals surface area contributed by atoms with Crippen molar-refractivity contribution >= 4 is 17.3 Å². The summed E-state index contributed by atoms with van der Waals surface area (Å²) >= 11 is 6.29. The molecule has 34 heavy (non-hydrogen) atoms. The van der Waals surface area contributed by atoms with Gasteiger partial charge in [0.15, 0.2) is 0 Å². The molecule has 168 valence electrons. The number of halogens is 1. The molecule has 9 nitrogen and oxygen atoms in total. The van der Waals surface area contributed by atoms with Crippen LogP contribution in [0.4, 0.5) is 5.69 Å². The number of imidazole rings is 1. The molecule has 0 saturated heterocycles. The highest BCUT2D eigenvalue weighted by atomic mass is 35.5. The number of nitrogens with two attached hydrogens (primary N) is 1. The lowest BCUT2D eigenvalue weighted by Gasteiger charge is -2.15. The van der Waals surface area contributed by atoms with E-state index in [0.717, 1.165) is 52.4 Å². The molecule has 0 radical (unpaired) electrons. The summed E-state index contributed by atoms with van der Waals surface area (Å²) in [7, 11) is 0. The SMILES string of the molecule is Nc1cccc(-c2cnc([C@@H]3CCc4cc(-c5cc(Cl)ccc5-n5cnnn5)cc(=O)n43)[nH]2)c1. The van der Waals surface area contributed by atoms with E-state index in [0.29, 0.717) is 10.7 Å². The summed E-state index contributed by atoms with van der Waals surface area (Å²) in [5, 5.41) is 12.0. The number of rotatable bonds is 4. The molecular weight excluding hydrogens is 452 g/mol. The van der Waals surface area contributed by atoms with Crippen LogP contribution in [0.5, 0.6) is 0 Å². The minimum Gasteiger partial charge on any atom is -0.399 e. The monoisotopic (exact) mass is 470 g/mol. The van der Waals surface area contributed by atoms with Crippen LogP contribution in [0.25, 0.3) is 28.1 Å². The number of aryl methyl sites for hydroxylation is 1. The van der Waals surface area contributed by atoms with Gasteiger partial charge in [0.25, 0.3) is 5.56 Å². The normalized spacial score (nSPS) is 14.9. The molecule has 1 aliphatic rings. The summed E-state index contributed by atoms with van der Waals surface area (Å²) in [4.78, 5) is 21.3. The number of anilines is 1. The fourth-order valence-electron chi connectivity index (χ4n) is 4.58. The molecule has 10 heteroatoms. The van der Waals surface area contributed by atoms with Gasteiger partial charge in [-0.1, -0.05) is 23.7 Å². The predicted molar refractivity (Wildman–Crippen MR) is 129 cm³/mol. The van der Waals surface area contributed by atoms with E-state index >= 15 is 0 Å². The number of aromatic amines is 1. The van der Waals surface area contributed by atoms with Crippen molar-refractivity contribution in [2.24, 2.45) is 0 Å². The van der Waals surface area contributed by atoms with E-state index in [1.54, 1.807) is 23.0 Å². The van der Waals surface area contributed by atoms with Crippen molar-refractivity contribution in [1.82, 2.24) is 34.7 Å². The van der Waals surface area contributed by atoms with Crippen LogP contribution in [0.2, 0.25) is 5.02 Å². The molecule has 0 fully saturated rings. The second kappa shape index (κ2) is 7.96. The highest BCUT2D eigenvalue weighted by Crippen LogP contribution is 2.34. The number of H-pyrrole nitrogens is 1. The zero-order valence-electron chi connectivity index (χ0n) is 17.9. The molecule has 1 aliphatic heterocycles. The number of aromatic nitrogens is 7. The van der Waals surface area contributed by atoms with Gasteiger partial charge >= 0.3 is 0 Å². The summed E-state index contributed by atoms with van der Waals surface area (Å²) in [5.74, 6) is 0.753. The molecular formula is C24H19ClN8O. The first-order chi connectivity index (χ1) is 16.6. The smallest absolute Gasteiger partial charge is 0.252 e. The number of tetrazole rings is 1. The molecule has 0 spiro atoms. The molecule has 0 bridgehead atoms. The van der Waals surface area contributed by atoms with Crippen molar-refractivity contribution in [3.05, 3.63) is 94.0 Å². The molecule has 4 heterocycles. The zero-order chi connectivity index (χ0) is 23.2. The van der Waals surface area contributed by atoms with Crippen molar-refractivity contribution in [1.29, 1.82) is 0 Å². The van der Waals surface area contributed by atoms with Crippen LogP contribution in [0.3, 0.4) is 0 Å². The van der Waals surface area contributed by atoms with Crippen LogP contribution < -0.4 is 11.3 Å². The maximum atomic E-state index is 13.3. The van der Waals surface area contributed by atoms with E-state index in [1.807, 2.05) is 47.0 Å². The van der Waals surface area contributed by atoms with Crippen LogP contribution in [0.15, 0.2) is 71.9 Å². The largest absolute Gasteiger partial charge is 0.399 e. The molecule has 0 amide bonds. The number of nitrogen functional groups attached to an aromatic ring is 1. The Kier molecular flexibility index (Phi) is 4.77. The average molecular weight is 471 g/mol. The van der Waals surface area contributed by atoms with Gasteiger partial charge in [0.2, 0.25) is 0 Å². The molecule has 1 atom stereocenters. The summed E-state index contributed by atoms with van der Waals surface area (Å²) in [5.41, 5.74) is 11.6. The fourth-order valence-corrected chi connectivity index (χ4v) is 4.75. The molecule has 3 aromatic heterocycles. The Balaban J connectivity index is 1.39. The molecule has 6 rings (SSSR count). The van der Waals surface area contributed by atoms with Crippen LogP contribution >= 0.6 is 11.6 Å². The van der Waals surface area contributed by atoms with E-state index in [9.17, 15) is 4.79 Å². The topological polar surface area (TPSA) is 120 Å². The zero-order valence-corrected chi connectivity index (χ0v) is 18.6. The number of hydrogen-bond donors (Lipinski definition) is 2. The summed E-state index contributed by atoms with van der Waals surface area (Å²) in [6.07, 6.45) is 4.82. The Morgan fingerprint density at radius 3 is 2.82 bits per heavy atom. The van der Waals surface area contributed by atoms with E-state index < -0.39 is 0 Å². The van der Waals surface area contributed by atoms with Crippen molar-refractivity contribution < 1.29 is 0 Å². The van der Waals surface area contributed by atoms with Crippen molar-refractivity contribution in [3.63, 3.8) is 0 Å². The van der Waals surface area contributed by atoms with E-state index in [2.05, 4.69) is 25.5 Å². The maximum absolute atomic E-state index is 13.3. The second-order valence-electron chi connectivity index (χ2n) is 8.22. The van der Waals surface area contributed by atoms with Crippen molar-refractivity contribution in [2.75, 3.05) is 5.73 Å². The van der Waals surface area contributed by atoms with Gasteiger partial charge in [0, 0.05) is 33.6 Å². The highest BCUT2D eigenvalue weighted by molar-refractivity contribution is 6.31. The average Bonchev–Trinajstić information content (AvgIpc) is 3.59. The summed E-state index contributed by atoms with van der Waals surface area (Å²) in [6.45, 7) is 0. The lowest BCUT2D eigenvalue weighted by atomic mass is 10.0. The van der Waals surface area contributed by atoms with E-state index in [-0.39, 0.29) is 11.6 Å². The van der Waals surface area contributed by atoms with E-state index in [4.69, 9.17) is 17.3 Å². The standard InChI is InChI=1S/C24H19ClN8O/c25-16-4-6-21(32-13-28-30-31-32)19(11-16)15-9-18-5-7-22(33(18)23(34)10-15)24-27-12-20(29-24)14-2-1-3-17(26)8-14/h1-4,6,8-13,22H,5,7,26H2,(H,27,29)/t22-/m0/s1. The molecule has 0 aliphatic carbocycles. The van der Waals surface area contributed by atoms with Crippen molar-refractivity contribution in [2.45, 2.75) is 18.9 Å². The highest BCUT2D eigenvalue weighted by Gasteiger charge is 2.28. The molecule has 2 aromatic carbocycles. The lowest BCUT2D eigenvalue weighted by Crippen LogP contribution is -2.23. The van der Waals surface area contributed by atoms with Gasteiger partial charge in [0.05, 0.1) is 23.6 Å². The Labute approximate surface area is 198 Å². The second-order valence-corrected chi connectivity index (χ2v) is 8.66. The van der Waals surface area contributed by atoms with Gasteiger partial charge in [-0.05, 0) is 65.2 Å². The third-order valence-electron chi connectivity index (χ3n) is 6.11. The number of nitrogens with zero attached hydrogens (tertiary/aromatic N) is 6. The first kappa shape index (κ1) is 20.4.